The van der Waals surface area contributed by atoms with Crippen molar-refractivity contribution < 1.29 is 9.53 Å². The number of ether oxygens (including phenoxy) is 1. The van der Waals surface area contributed by atoms with Crippen LogP contribution in [0.2, 0.25) is 0 Å². The van der Waals surface area contributed by atoms with Crippen molar-refractivity contribution in [2.24, 2.45) is 5.41 Å². The third-order valence-electron chi connectivity index (χ3n) is 9.83. The van der Waals surface area contributed by atoms with Crippen molar-refractivity contribution in [3.63, 3.8) is 0 Å². The molecule has 4 aromatic rings. The second-order valence-electron chi connectivity index (χ2n) is 15.2. The highest BCUT2D eigenvalue weighted by Crippen LogP contribution is 2.39. The summed E-state index contributed by atoms with van der Waals surface area (Å²) >= 11 is 0. The SMILES string of the molecule is CC1CCCC(C)N1c1nnc2ccc(OC3CCC(NC(=O)N/C(=C/C(=N)C(C)(C)C)Nc4ccn(CCN(C)C)n4)c4ccccc43)cn12. The van der Waals surface area contributed by atoms with E-state index in [-0.39, 0.29) is 18.2 Å². The fourth-order valence-electron chi connectivity index (χ4n) is 6.88. The van der Waals surface area contributed by atoms with Crippen LogP contribution in [-0.4, -0.2) is 73.7 Å². The Morgan fingerprint density at radius 3 is 2.49 bits per heavy atom. The molecule has 0 spiro atoms. The minimum atomic E-state index is -0.404. The molecular formula is C38H53N11O2. The summed E-state index contributed by atoms with van der Waals surface area (Å²) in [6.45, 7) is 12.0. The molecule has 3 aromatic heterocycles. The Hall–Kier alpha value is -4.91. The van der Waals surface area contributed by atoms with E-state index in [0.717, 1.165) is 60.8 Å². The molecule has 6 rings (SSSR count). The number of likely N-dealkylation sites (N-methyl/N-ethyl adjacent to an activating group) is 1. The van der Waals surface area contributed by atoms with Crippen LogP contribution in [-0.2, 0) is 6.54 Å². The standard InChI is InChI=1S/C38H53N11O2/c1-25-11-10-12-26(2)49(25)37-44-43-35-18-15-27(24-48(35)37)51-31-17-16-30(28-13-8-9-14-29(28)31)40-36(50)42-34(23-32(39)38(3,4)5)41-33-19-20-47(45-33)22-21-46(6)7/h8-9,13-15,18-20,23-26,30-31,39H,10-12,16-17,21-22H2,1-7H3,(H,41,45)(H2,40,42,50)/b34-23+,39-32?. The number of amides is 2. The van der Waals surface area contributed by atoms with Crippen LogP contribution < -0.4 is 25.6 Å². The van der Waals surface area contributed by atoms with Gasteiger partial charge in [-0.3, -0.25) is 14.4 Å². The Kier molecular flexibility index (Phi) is 10.7. The summed E-state index contributed by atoms with van der Waals surface area (Å²) in [4.78, 5) is 18.0. The minimum absolute atomic E-state index is 0.181. The van der Waals surface area contributed by atoms with Gasteiger partial charge in [-0.05, 0) is 83.3 Å². The maximum absolute atomic E-state index is 13.6. The van der Waals surface area contributed by atoms with Crippen molar-refractivity contribution in [1.82, 2.24) is 39.9 Å². The van der Waals surface area contributed by atoms with Gasteiger partial charge in [0.15, 0.2) is 11.5 Å². The Bertz CT molecular complexity index is 1860. The maximum Gasteiger partial charge on any atom is 0.320 e. The molecule has 1 aliphatic carbocycles. The summed E-state index contributed by atoms with van der Waals surface area (Å²) in [6, 6.07) is 14.1. The molecule has 2 aliphatic rings. The predicted octanol–water partition coefficient (Wildman–Crippen LogP) is 6.53. The zero-order valence-electron chi connectivity index (χ0n) is 31.0. The van der Waals surface area contributed by atoms with E-state index in [2.05, 4.69) is 67.0 Å². The highest BCUT2D eigenvalue weighted by Gasteiger charge is 2.31. The Morgan fingerprint density at radius 1 is 1.02 bits per heavy atom. The zero-order valence-corrected chi connectivity index (χ0v) is 31.0. The van der Waals surface area contributed by atoms with Crippen LogP contribution in [0.25, 0.3) is 5.65 Å². The van der Waals surface area contributed by atoms with E-state index in [1.807, 2.05) is 86.7 Å². The lowest BCUT2D eigenvalue weighted by Gasteiger charge is -2.39. The number of nitrogens with zero attached hydrogens (tertiary/aromatic N) is 7. The summed E-state index contributed by atoms with van der Waals surface area (Å²) in [7, 11) is 4.04. The van der Waals surface area contributed by atoms with Gasteiger partial charge in [-0.1, -0.05) is 45.0 Å². The number of aromatic nitrogens is 5. The summed E-state index contributed by atoms with van der Waals surface area (Å²) in [6.07, 6.45) is 10.3. The molecule has 1 aliphatic heterocycles. The number of rotatable bonds is 11. The highest BCUT2D eigenvalue weighted by atomic mass is 16.5. The van der Waals surface area contributed by atoms with Crippen molar-refractivity contribution in [1.29, 1.82) is 5.41 Å². The van der Waals surface area contributed by atoms with E-state index in [0.29, 0.717) is 35.9 Å². The average molecular weight is 696 g/mol. The number of carbonyl (C=O) groups excluding carboxylic acids is 1. The van der Waals surface area contributed by atoms with Gasteiger partial charge in [-0.2, -0.15) is 5.10 Å². The second kappa shape index (κ2) is 15.1. The van der Waals surface area contributed by atoms with Crippen LogP contribution in [0.1, 0.15) is 90.0 Å². The molecule has 4 heterocycles. The van der Waals surface area contributed by atoms with Gasteiger partial charge in [0.05, 0.1) is 18.8 Å². The first kappa shape index (κ1) is 35.9. The number of allylic oxidation sites excluding steroid dienone is 1. The first-order valence-electron chi connectivity index (χ1n) is 18.1. The lowest BCUT2D eigenvalue weighted by Crippen LogP contribution is -2.44. The molecule has 1 saturated heterocycles. The maximum atomic E-state index is 13.6. The number of pyridine rings is 1. The number of urea groups is 1. The largest absolute Gasteiger partial charge is 0.484 e. The van der Waals surface area contributed by atoms with Crippen molar-refractivity contribution in [3.8, 4) is 5.75 Å². The van der Waals surface area contributed by atoms with Crippen molar-refractivity contribution >= 4 is 29.2 Å². The Labute approximate surface area is 301 Å². The number of carbonyl (C=O) groups is 1. The molecule has 0 radical (unpaired) electrons. The number of hydrogen-bond donors (Lipinski definition) is 4. The third-order valence-corrected chi connectivity index (χ3v) is 9.83. The minimum Gasteiger partial charge on any atom is -0.484 e. The van der Waals surface area contributed by atoms with Crippen LogP contribution in [0.5, 0.6) is 5.75 Å². The van der Waals surface area contributed by atoms with Gasteiger partial charge < -0.3 is 30.6 Å². The molecule has 1 fully saturated rings. The van der Waals surface area contributed by atoms with Gasteiger partial charge in [-0.25, -0.2) is 4.79 Å². The number of fused-ring (bicyclic) bond motifs is 2. The van der Waals surface area contributed by atoms with Crippen LogP contribution in [0, 0.1) is 10.8 Å². The quantitative estimate of drug-likeness (QED) is 0.130. The fraction of sp³-hybridized carbons (Fsp3) is 0.500. The number of hydrogen-bond acceptors (Lipinski definition) is 9. The van der Waals surface area contributed by atoms with Gasteiger partial charge in [0.1, 0.15) is 17.7 Å². The van der Waals surface area contributed by atoms with Crippen LogP contribution in [0.3, 0.4) is 0 Å². The first-order chi connectivity index (χ1) is 24.4. The van der Waals surface area contributed by atoms with E-state index in [4.69, 9.17) is 10.1 Å². The molecule has 1 aromatic carbocycles. The molecule has 4 atom stereocenters. The summed E-state index contributed by atoms with van der Waals surface area (Å²) in [5.41, 5.74) is 2.82. The lowest BCUT2D eigenvalue weighted by atomic mass is 9.85. The normalized spacial score (nSPS) is 21.0. The van der Waals surface area contributed by atoms with E-state index in [1.54, 1.807) is 6.08 Å². The Morgan fingerprint density at radius 2 is 1.76 bits per heavy atom. The summed E-state index contributed by atoms with van der Waals surface area (Å²) < 4.78 is 10.6. The molecule has 0 saturated carbocycles. The number of anilines is 2. The highest BCUT2D eigenvalue weighted by molar-refractivity contribution is 5.97. The predicted molar refractivity (Wildman–Crippen MR) is 201 cm³/mol. The fourth-order valence-corrected chi connectivity index (χ4v) is 6.88. The van der Waals surface area contributed by atoms with Crippen LogP contribution in [0.4, 0.5) is 16.6 Å². The third kappa shape index (κ3) is 8.53. The molecule has 2 amide bonds. The van der Waals surface area contributed by atoms with E-state index in [1.165, 1.54) is 6.42 Å². The molecule has 272 valence electrons. The molecule has 13 heteroatoms. The van der Waals surface area contributed by atoms with E-state index >= 15 is 0 Å². The topological polar surface area (TPSA) is 141 Å². The monoisotopic (exact) mass is 695 g/mol. The molecule has 0 bridgehead atoms. The first-order valence-corrected chi connectivity index (χ1v) is 18.1. The molecule has 4 N–H and O–H groups in total. The van der Waals surface area contributed by atoms with E-state index in [9.17, 15) is 4.79 Å². The van der Waals surface area contributed by atoms with E-state index < -0.39 is 5.41 Å². The van der Waals surface area contributed by atoms with Crippen molar-refractivity contribution in [3.05, 3.63) is 77.9 Å². The Balaban J connectivity index is 1.16. The molecule has 51 heavy (non-hydrogen) atoms. The summed E-state index contributed by atoms with van der Waals surface area (Å²) in [5.74, 6) is 2.57. The lowest BCUT2D eigenvalue weighted by molar-refractivity contribution is 0.171. The van der Waals surface area contributed by atoms with Crippen LogP contribution in [0.15, 0.2) is 66.8 Å². The van der Waals surface area contributed by atoms with Crippen molar-refractivity contribution in [2.75, 3.05) is 30.9 Å². The average Bonchev–Trinajstić information content (AvgIpc) is 3.71. The number of benzene rings is 1. The second-order valence-corrected chi connectivity index (χ2v) is 15.2. The van der Waals surface area contributed by atoms with Gasteiger partial charge >= 0.3 is 6.03 Å². The van der Waals surface area contributed by atoms with Crippen LogP contribution >= 0.6 is 0 Å². The van der Waals surface area contributed by atoms with Gasteiger partial charge in [0.2, 0.25) is 5.95 Å². The smallest absolute Gasteiger partial charge is 0.320 e. The molecule has 4 unspecified atom stereocenters. The van der Waals surface area contributed by atoms with Crippen molar-refractivity contribution in [2.45, 2.75) is 97.5 Å². The van der Waals surface area contributed by atoms with Gasteiger partial charge in [0, 0.05) is 48.1 Å². The number of nitrogens with one attached hydrogen (secondary N) is 4. The summed E-state index contributed by atoms with van der Waals surface area (Å²) in [5, 5.41) is 31.6. The zero-order chi connectivity index (χ0) is 36.3. The van der Waals surface area contributed by atoms with Gasteiger partial charge in [-0.15, -0.1) is 10.2 Å². The number of piperidine rings is 1. The molecular weight excluding hydrogens is 642 g/mol. The molecule has 13 nitrogen and oxygen atoms in total. The van der Waals surface area contributed by atoms with Gasteiger partial charge in [0.25, 0.3) is 0 Å².